The summed E-state index contributed by atoms with van der Waals surface area (Å²) in [6.45, 7) is 9.40. The van der Waals surface area contributed by atoms with E-state index >= 15 is 0 Å². The molecule has 5 nitrogen and oxygen atoms in total. The molecule has 0 aliphatic heterocycles. The molecule has 0 saturated heterocycles. The van der Waals surface area contributed by atoms with E-state index in [1.54, 1.807) is 43.3 Å². The predicted octanol–water partition coefficient (Wildman–Crippen LogP) is 5.40. The van der Waals surface area contributed by atoms with Crippen LogP contribution in [0.1, 0.15) is 37.5 Å². The lowest BCUT2D eigenvalue weighted by Gasteiger charge is -2.26. The van der Waals surface area contributed by atoms with Gasteiger partial charge in [-0.25, -0.2) is 8.42 Å². The van der Waals surface area contributed by atoms with Gasteiger partial charge in [0, 0.05) is 0 Å². The van der Waals surface area contributed by atoms with Crippen LogP contribution in [-0.4, -0.2) is 20.9 Å². The molecule has 0 bridgehead atoms. The number of sulfonamides is 1. The van der Waals surface area contributed by atoms with Gasteiger partial charge in [0.15, 0.2) is 6.61 Å². The number of carbonyl (C=O) groups excluding carboxylic acids is 1. The van der Waals surface area contributed by atoms with E-state index in [2.05, 4.69) is 20.8 Å². The smallest absolute Gasteiger partial charge is 0.278 e. The molecule has 0 radical (unpaired) electrons. The third-order valence-corrected chi connectivity index (χ3v) is 6.89. The summed E-state index contributed by atoms with van der Waals surface area (Å²) < 4.78 is 33.8. The Morgan fingerprint density at radius 2 is 1.53 bits per heavy atom. The zero-order valence-corrected chi connectivity index (χ0v) is 19.9. The standard InChI is InChI=1S/C26H29NO4S/c1-19-15-16-20(2)23(17-19)27(32(29,30)21-11-7-6-8-12-21)25(28)18-31-24-14-10-9-13-22(24)26(3,4)5/h6-17H,18H2,1-5H3. The molecule has 0 heterocycles. The minimum absolute atomic E-state index is 0.0457. The lowest BCUT2D eigenvalue weighted by Crippen LogP contribution is -2.40. The summed E-state index contributed by atoms with van der Waals surface area (Å²) in [7, 11) is -4.13. The minimum Gasteiger partial charge on any atom is -0.483 e. The Bertz CT molecular complexity index is 1210. The third kappa shape index (κ3) is 5.02. The van der Waals surface area contributed by atoms with E-state index in [4.69, 9.17) is 4.74 Å². The van der Waals surface area contributed by atoms with E-state index in [0.29, 0.717) is 17.0 Å². The molecule has 0 aromatic heterocycles. The molecule has 0 atom stereocenters. The van der Waals surface area contributed by atoms with Gasteiger partial charge in [-0.05, 0) is 60.2 Å². The van der Waals surface area contributed by atoms with Gasteiger partial charge in [0.2, 0.25) is 0 Å². The van der Waals surface area contributed by atoms with Gasteiger partial charge in [0.1, 0.15) is 5.75 Å². The number of rotatable bonds is 6. The van der Waals surface area contributed by atoms with E-state index in [1.165, 1.54) is 12.1 Å². The van der Waals surface area contributed by atoms with Gasteiger partial charge in [0.05, 0.1) is 10.6 Å². The van der Waals surface area contributed by atoms with Crippen molar-refractivity contribution in [1.29, 1.82) is 0 Å². The minimum atomic E-state index is -4.13. The number of ether oxygens (including phenoxy) is 1. The summed E-state index contributed by atoms with van der Waals surface area (Å²) in [6, 6.07) is 20.8. The van der Waals surface area contributed by atoms with E-state index in [9.17, 15) is 13.2 Å². The number of hydrogen-bond donors (Lipinski definition) is 0. The zero-order valence-electron chi connectivity index (χ0n) is 19.1. The Labute approximate surface area is 190 Å². The highest BCUT2D eigenvalue weighted by Crippen LogP contribution is 2.32. The zero-order chi connectivity index (χ0) is 23.5. The SMILES string of the molecule is Cc1ccc(C)c(N(C(=O)COc2ccccc2C(C)(C)C)S(=O)(=O)c2ccccc2)c1. The Morgan fingerprint density at radius 3 is 2.19 bits per heavy atom. The average molecular weight is 452 g/mol. The fourth-order valence-corrected chi connectivity index (χ4v) is 4.93. The maximum atomic E-state index is 13.5. The van der Waals surface area contributed by atoms with Gasteiger partial charge in [-0.3, -0.25) is 4.79 Å². The van der Waals surface area contributed by atoms with E-state index in [1.807, 2.05) is 31.2 Å². The van der Waals surface area contributed by atoms with Crippen molar-refractivity contribution in [1.82, 2.24) is 0 Å². The maximum absolute atomic E-state index is 13.5. The molecule has 6 heteroatoms. The number of benzene rings is 3. The number of anilines is 1. The molecule has 0 saturated carbocycles. The number of nitrogens with zero attached hydrogens (tertiary/aromatic N) is 1. The van der Waals surface area contributed by atoms with Gasteiger partial charge in [0.25, 0.3) is 15.9 Å². The predicted molar refractivity (Wildman–Crippen MR) is 128 cm³/mol. The lowest BCUT2D eigenvalue weighted by atomic mass is 9.86. The van der Waals surface area contributed by atoms with Crippen molar-refractivity contribution in [2.75, 3.05) is 10.9 Å². The Hall–Kier alpha value is -3.12. The van der Waals surface area contributed by atoms with Crippen LogP contribution in [0.25, 0.3) is 0 Å². The second kappa shape index (κ2) is 9.17. The van der Waals surface area contributed by atoms with E-state index in [0.717, 1.165) is 15.4 Å². The molecule has 0 N–H and O–H groups in total. The first kappa shape index (κ1) is 23.5. The van der Waals surface area contributed by atoms with Gasteiger partial charge in [-0.1, -0.05) is 69.3 Å². The summed E-state index contributed by atoms with van der Waals surface area (Å²) >= 11 is 0. The molecule has 3 aromatic rings. The molecule has 168 valence electrons. The molecular formula is C26H29NO4S. The van der Waals surface area contributed by atoms with Crippen LogP contribution < -0.4 is 9.04 Å². The molecule has 0 fully saturated rings. The topological polar surface area (TPSA) is 63.7 Å². The fourth-order valence-electron chi connectivity index (χ4n) is 3.44. The van der Waals surface area contributed by atoms with Crippen LogP contribution in [0.3, 0.4) is 0 Å². The van der Waals surface area contributed by atoms with Crippen LogP contribution in [-0.2, 0) is 20.2 Å². The monoisotopic (exact) mass is 451 g/mol. The Morgan fingerprint density at radius 1 is 0.906 bits per heavy atom. The molecule has 1 amide bonds. The average Bonchev–Trinajstić information content (AvgIpc) is 2.75. The normalized spacial score (nSPS) is 11.8. The highest BCUT2D eigenvalue weighted by atomic mass is 32.2. The summed E-state index contributed by atoms with van der Waals surface area (Å²) in [5.41, 5.74) is 2.61. The molecule has 3 rings (SSSR count). The van der Waals surface area contributed by atoms with E-state index < -0.39 is 22.5 Å². The van der Waals surface area contributed by atoms with Gasteiger partial charge < -0.3 is 4.74 Å². The molecule has 0 aliphatic carbocycles. The number of aryl methyl sites for hydroxylation is 2. The van der Waals surface area contributed by atoms with Gasteiger partial charge in [-0.15, -0.1) is 0 Å². The quantitative estimate of drug-likeness (QED) is 0.503. The van der Waals surface area contributed by atoms with Crippen LogP contribution in [0.2, 0.25) is 0 Å². The summed E-state index contributed by atoms with van der Waals surface area (Å²) in [5, 5.41) is 0. The molecule has 3 aromatic carbocycles. The van der Waals surface area contributed by atoms with Crippen molar-refractivity contribution in [3.63, 3.8) is 0 Å². The Kier molecular flexibility index (Phi) is 6.74. The molecule has 0 spiro atoms. The van der Waals surface area contributed by atoms with Crippen LogP contribution >= 0.6 is 0 Å². The number of carbonyl (C=O) groups is 1. The molecule has 0 aliphatic rings. The fraction of sp³-hybridized carbons (Fsp3) is 0.269. The van der Waals surface area contributed by atoms with Crippen molar-refractivity contribution in [3.8, 4) is 5.75 Å². The largest absolute Gasteiger partial charge is 0.483 e. The number of amides is 1. The third-order valence-electron chi connectivity index (χ3n) is 5.14. The molecule has 0 unspecified atom stereocenters. The summed E-state index contributed by atoms with van der Waals surface area (Å²) in [5.74, 6) is -0.0994. The first-order valence-electron chi connectivity index (χ1n) is 10.4. The van der Waals surface area contributed by atoms with Crippen molar-refractivity contribution >= 4 is 21.6 Å². The highest BCUT2D eigenvalue weighted by molar-refractivity contribution is 7.93. The van der Waals surface area contributed by atoms with Crippen LogP contribution in [0, 0.1) is 13.8 Å². The van der Waals surface area contributed by atoms with Gasteiger partial charge in [-0.2, -0.15) is 4.31 Å². The van der Waals surface area contributed by atoms with E-state index in [-0.39, 0.29) is 10.3 Å². The summed E-state index contributed by atoms with van der Waals surface area (Å²) in [4.78, 5) is 13.4. The number of hydrogen-bond acceptors (Lipinski definition) is 4. The Balaban J connectivity index is 2.02. The van der Waals surface area contributed by atoms with Crippen LogP contribution in [0.5, 0.6) is 5.75 Å². The van der Waals surface area contributed by atoms with Crippen molar-refractivity contribution in [3.05, 3.63) is 89.5 Å². The van der Waals surface area contributed by atoms with Crippen LogP contribution in [0.4, 0.5) is 5.69 Å². The number of para-hydroxylation sites is 1. The van der Waals surface area contributed by atoms with Crippen molar-refractivity contribution in [2.45, 2.75) is 44.9 Å². The lowest BCUT2D eigenvalue weighted by molar-refractivity contribution is -0.119. The first-order chi connectivity index (χ1) is 15.0. The van der Waals surface area contributed by atoms with Crippen molar-refractivity contribution < 1.29 is 17.9 Å². The highest BCUT2D eigenvalue weighted by Gasteiger charge is 2.32. The molecule has 32 heavy (non-hydrogen) atoms. The molecular weight excluding hydrogens is 422 g/mol. The maximum Gasteiger partial charge on any atom is 0.278 e. The second-order valence-electron chi connectivity index (χ2n) is 8.80. The van der Waals surface area contributed by atoms with Crippen LogP contribution in [0.15, 0.2) is 77.7 Å². The summed E-state index contributed by atoms with van der Waals surface area (Å²) in [6.07, 6.45) is 0. The van der Waals surface area contributed by atoms with Gasteiger partial charge >= 0.3 is 0 Å². The van der Waals surface area contributed by atoms with Crippen molar-refractivity contribution in [2.24, 2.45) is 0 Å². The second-order valence-corrected chi connectivity index (χ2v) is 10.6. The first-order valence-corrected chi connectivity index (χ1v) is 11.9.